The third-order valence-electron chi connectivity index (χ3n) is 4.39. The Balaban J connectivity index is 1.53. The molecule has 0 saturated carbocycles. The lowest BCUT2D eigenvalue weighted by atomic mass is 10.2. The van der Waals surface area contributed by atoms with E-state index in [1.165, 1.54) is 12.1 Å². The van der Waals surface area contributed by atoms with Gasteiger partial charge >= 0.3 is 5.97 Å². The van der Waals surface area contributed by atoms with Gasteiger partial charge in [-0.05, 0) is 84.8 Å². The largest absolute Gasteiger partial charge is 0.494 e. The maximum atomic E-state index is 12.9. The minimum Gasteiger partial charge on any atom is -0.494 e. The van der Waals surface area contributed by atoms with Crippen LogP contribution in [0.2, 0.25) is 0 Å². The molecule has 0 atom stereocenters. The number of ether oxygens (including phenoxy) is 2. The Hall–Kier alpha value is -3.47. The molecular formula is C25H24FNO3. The number of hydrogen-bond acceptors (Lipinski definition) is 4. The normalized spacial score (nSPS) is 10.9. The molecule has 4 nitrogen and oxygen atoms in total. The minimum absolute atomic E-state index is 0.297. The summed E-state index contributed by atoms with van der Waals surface area (Å²) in [6.45, 7) is 2.82. The fraction of sp³-hybridized carbons (Fsp3) is 0.200. The predicted molar refractivity (Wildman–Crippen MR) is 117 cm³/mol. The molecule has 0 fully saturated rings. The first-order valence-corrected chi connectivity index (χ1v) is 9.99. The average molecular weight is 405 g/mol. The number of carbonyl (C=O) groups excluding carboxylic acids is 1. The molecule has 0 amide bonds. The number of aliphatic imine (C=N–C) groups is 1. The highest BCUT2D eigenvalue weighted by molar-refractivity contribution is 5.91. The Morgan fingerprint density at radius 1 is 0.900 bits per heavy atom. The van der Waals surface area contributed by atoms with Crippen LogP contribution in [0.4, 0.5) is 10.1 Å². The smallest absolute Gasteiger partial charge is 0.343 e. The lowest BCUT2D eigenvalue weighted by Gasteiger charge is -2.07. The van der Waals surface area contributed by atoms with E-state index in [1.807, 2.05) is 0 Å². The molecule has 0 unspecified atom stereocenters. The second kappa shape index (κ2) is 10.9. The fourth-order valence-corrected chi connectivity index (χ4v) is 2.69. The summed E-state index contributed by atoms with van der Waals surface area (Å²) in [7, 11) is 0. The molecule has 0 radical (unpaired) electrons. The number of nitrogens with zero attached hydrogens (tertiary/aromatic N) is 1. The first kappa shape index (κ1) is 21.2. The van der Waals surface area contributed by atoms with Gasteiger partial charge in [-0.25, -0.2) is 9.18 Å². The van der Waals surface area contributed by atoms with Crippen LogP contribution in [0.5, 0.6) is 11.5 Å². The SMILES string of the molecule is CCCCCOc1ccc(C(=O)Oc2ccc(C=Nc3ccc(F)cc3)cc2)cc1. The minimum atomic E-state index is -0.430. The molecule has 0 saturated heterocycles. The van der Waals surface area contributed by atoms with Crippen LogP contribution in [0.3, 0.4) is 0 Å². The van der Waals surface area contributed by atoms with Crippen molar-refractivity contribution in [1.29, 1.82) is 0 Å². The van der Waals surface area contributed by atoms with Crippen molar-refractivity contribution in [3.63, 3.8) is 0 Å². The van der Waals surface area contributed by atoms with Crippen LogP contribution >= 0.6 is 0 Å². The van der Waals surface area contributed by atoms with E-state index in [-0.39, 0.29) is 5.82 Å². The molecule has 0 aliphatic heterocycles. The quantitative estimate of drug-likeness (QED) is 0.180. The molecule has 30 heavy (non-hydrogen) atoms. The Kier molecular flexibility index (Phi) is 7.72. The zero-order valence-corrected chi connectivity index (χ0v) is 16.9. The van der Waals surface area contributed by atoms with Crippen molar-refractivity contribution in [2.45, 2.75) is 26.2 Å². The molecule has 0 N–H and O–H groups in total. The summed E-state index contributed by atoms with van der Waals surface area (Å²) in [5, 5.41) is 0. The molecule has 0 aliphatic rings. The number of benzene rings is 3. The lowest BCUT2D eigenvalue weighted by Crippen LogP contribution is -2.08. The zero-order chi connectivity index (χ0) is 21.2. The van der Waals surface area contributed by atoms with Gasteiger partial charge in [-0.2, -0.15) is 0 Å². The Morgan fingerprint density at radius 3 is 2.23 bits per heavy atom. The number of carbonyl (C=O) groups is 1. The molecule has 154 valence electrons. The van der Waals surface area contributed by atoms with Crippen molar-refractivity contribution in [3.05, 3.63) is 89.7 Å². The topological polar surface area (TPSA) is 47.9 Å². The monoisotopic (exact) mass is 405 g/mol. The van der Waals surface area contributed by atoms with Gasteiger partial charge < -0.3 is 9.47 Å². The first-order valence-electron chi connectivity index (χ1n) is 9.99. The van der Waals surface area contributed by atoms with Crippen molar-refractivity contribution in [3.8, 4) is 11.5 Å². The van der Waals surface area contributed by atoms with Gasteiger partial charge in [0.1, 0.15) is 17.3 Å². The molecule has 3 rings (SSSR count). The summed E-state index contributed by atoms with van der Waals surface area (Å²) in [5.41, 5.74) is 1.95. The van der Waals surface area contributed by atoms with Crippen LogP contribution in [-0.4, -0.2) is 18.8 Å². The van der Waals surface area contributed by atoms with Gasteiger partial charge in [0.05, 0.1) is 17.9 Å². The molecule has 0 heterocycles. The Labute approximate surface area is 176 Å². The van der Waals surface area contributed by atoms with E-state index in [1.54, 1.807) is 66.9 Å². The van der Waals surface area contributed by atoms with E-state index in [2.05, 4.69) is 11.9 Å². The summed E-state index contributed by atoms with van der Waals surface area (Å²) in [6, 6.07) is 19.9. The Bertz CT molecular complexity index is 965. The maximum Gasteiger partial charge on any atom is 0.343 e. The number of esters is 1. The van der Waals surface area contributed by atoms with E-state index in [9.17, 15) is 9.18 Å². The van der Waals surface area contributed by atoms with Gasteiger partial charge in [0, 0.05) is 6.21 Å². The fourth-order valence-electron chi connectivity index (χ4n) is 2.69. The summed E-state index contributed by atoms with van der Waals surface area (Å²) < 4.78 is 24.0. The second-order valence-electron chi connectivity index (χ2n) is 6.77. The number of rotatable bonds is 9. The highest BCUT2D eigenvalue weighted by Crippen LogP contribution is 2.18. The predicted octanol–water partition coefficient (Wildman–Crippen LogP) is 6.36. The van der Waals surface area contributed by atoms with Gasteiger partial charge in [0.2, 0.25) is 0 Å². The van der Waals surface area contributed by atoms with Gasteiger partial charge in [-0.1, -0.05) is 19.8 Å². The van der Waals surface area contributed by atoms with E-state index in [0.717, 1.165) is 30.6 Å². The van der Waals surface area contributed by atoms with Crippen molar-refractivity contribution < 1.29 is 18.7 Å². The number of halogens is 1. The zero-order valence-electron chi connectivity index (χ0n) is 16.9. The van der Waals surface area contributed by atoms with Gasteiger partial charge in [0.15, 0.2) is 0 Å². The third kappa shape index (κ3) is 6.55. The van der Waals surface area contributed by atoms with Crippen LogP contribution in [0.1, 0.15) is 42.1 Å². The van der Waals surface area contributed by atoms with E-state index in [4.69, 9.17) is 9.47 Å². The van der Waals surface area contributed by atoms with Crippen LogP contribution < -0.4 is 9.47 Å². The molecule has 0 aliphatic carbocycles. The molecule has 5 heteroatoms. The number of hydrogen-bond donors (Lipinski definition) is 0. The Morgan fingerprint density at radius 2 is 1.57 bits per heavy atom. The third-order valence-corrected chi connectivity index (χ3v) is 4.39. The van der Waals surface area contributed by atoms with Crippen molar-refractivity contribution >= 4 is 17.9 Å². The van der Waals surface area contributed by atoms with Crippen molar-refractivity contribution in [2.75, 3.05) is 6.61 Å². The van der Waals surface area contributed by atoms with Crippen LogP contribution in [0, 0.1) is 5.82 Å². The van der Waals surface area contributed by atoms with E-state index < -0.39 is 5.97 Å². The highest BCUT2D eigenvalue weighted by Gasteiger charge is 2.09. The van der Waals surface area contributed by atoms with Crippen molar-refractivity contribution in [1.82, 2.24) is 0 Å². The second-order valence-corrected chi connectivity index (χ2v) is 6.77. The van der Waals surface area contributed by atoms with Gasteiger partial charge in [0.25, 0.3) is 0 Å². The summed E-state index contributed by atoms with van der Waals surface area (Å²) >= 11 is 0. The molecule has 0 bridgehead atoms. The van der Waals surface area contributed by atoms with Crippen LogP contribution in [0.25, 0.3) is 0 Å². The highest BCUT2D eigenvalue weighted by atomic mass is 19.1. The van der Waals surface area contributed by atoms with Gasteiger partial charge in [-0.15, -0.1) is 0 Å². The molecule has 0 spiro atoms. The number of unbranched alkanes of at least 4 members (excludes halogenated alkanes) is 2. The van der Waals surface area contributed by atoms with Crippen molar-refractivity contribution in [2.24, 2.45) is 4.99 Å². The standard InChI is InChI=1S/C25H24FNO3/c1-2-3-4-17-29-23-15-7-20(8-16-23)25(28)30-24-13-5-19(6-14-24)18-27-22-11-9-21(26)10-12-22/h5-16,18H,2-4,17H2,1H3. The van der Waals surface area contributed by atoms with E-state index >= 15 is 0 Å². The maximum absolute atomic E-state index is 12.9. The summed E-state index contributed by atoms with van der Waals surface area (Å²) in [6.07, 6.45) is 4.97. The molecular weight excluding hydrogens is 381 g/mol. The summed E-state index contributed by atoms with van der Waals surface area (Å²) in [4.78, 5) is 16.6. The molecule has 0 aromatic heterocycles. The molecule has 3 aromatic rings. The van der Waals surface area contributed by atoms with Crippen LogP contribution in [-0.2, 0) is 0 Å². The lowest BCUT2D eigenvalue weighted by molar-refractivity contribution is 0.0734. The van der Waals surface area contributed by atoms with Crippen LogP contribution in [0.15, 0.2) is 77.8 Å². The summed E-state index contributed by atoms with van der Waals surface area (Å²) in [5.74, 6) is 0.459. The van der Waals surface area contributed by atoms with E-state index in [0.29, 0.717) is 23.6 Å². The molecule has 3 aromatic carbocycles. The average Bonchev–Trinajstić information content (AvgIpc) is 2.78. The first-order chi connectivity index (χ1) is 14.6. The van der Waals surface area contributed by atoms with Gasteiger partial charge in [-0.3, -0.25) is 4.99 Å².